The fourth-order valence-corrected chi connectivity index (χ4v) is 8.57. The highest BCUT2D eigenvalue weighted by Crippen LogP contribution is 2.48. The Balaban J connectivity index is 1.78. The Bertz CT molecular complexity index is 1510. The third kappa shape index (κ3) is 5.25. The number of ketones is 1. The van der Waals surface area contributed by atoms with E-state index in [1.807, 2.05) is 0 Å². The Morgan fingerprint density at radius 1 is 1.15 bits per heavy atom. The summed E-state index contributed by atoms with van der Waals surface area (Å²) in [6.07, 6.45) is 0.947. The summed E-state index contributed by atoms with van der Waals surface area (Å²) in [4.78, 5) is 39.1. The topological polar surface area (TPSA) is 111 Å². The van der Waals surface area contributed by atoms with Crippen LogP contribution in [-0.4, -0.2) is 53.8 Å². The molecule has 2 aromatic rings. The molecule has 0 saturated heterocycles. The van der Waals surface area contributed by atoms with Crippen LogP contribution < -0.4 is 0 Å². The van der Waals surface area contributed by atoms with Crippen molar-refractivity contribution in [1.29, 1.82) is 0 Å². The third-order valence-corrected chi connectivity index (χ3v) is 11.0. The van der Waals surface area contributed by atoms with Crippen LogP contribution >= 0.6 is 0 Å². The van der Waals surface area contributed by atoms with Crippen molar-refractivity contribution in [1.82, 2.24) is 9.97 Å². The second kappa shape index (κ2) is 9.83. The van der Waals surface area contributed by atoms with Gasteiger partial charge in [0.1, 0.15) is 34.2 Å². The number of Topliss-reactive ketones (excluding diaryl/α,β-unsaturated/α-hetero) is 1. The maximum Gasteiger partial charge on any atom is 0.312 e. The first kappa shape index (κ1) is 28.9. The maximum atomic E-state index is 15.5. The van der Waals surface area contributed by atoms with Crippen molar-refractivity contribution >= 4 is 27.2 Å². The average Bonchev–Trinajstić information content (AvgIpc) is 3.22. The van der Waals surface area contributed by atoms with Gasteiger partial charge in [-0.05, 0) is 78.6 Å². The van der Waals surface area contributed by atoms with Crippen LogP contribution in [0.15, 0.2) is 33.8 Å². The minimum absolute atomic E-state index is 0.0661. The predicted octanol–water partition coefficient (Wildman–Crippen LogP) is 4.91. The van der Waals surface area contributed by atoms with E-state index in [4.69, 9.17) is 9.73 Å². The molecule has 210 valence electrons. The lowest BCUT2D eigenvalue weighted by Gasteiger charge is -2.45. The molecule has 11 heteroatoms. The van der Waals surface area contributed by atoms with Gasteiger partial charge in [0.2, 0.25) is 0 Å². The number of aryl methyl sites for hydroxylation is 1. The normalized spacial score (nSPS) is 25.9. The molecule has 0 radical (unpaired) electrons. The van der Waals surface area contributed by atoms with Crippen LogP contribution in [-0.2, 0) is 31.2 Å². The number of hydrogen-bond acceptors (Lipinski definition) is 8. The Morgan fingerprint density at radius 2 is 1.85 bits per heavy atom. The van der Waals surface area contributed by atoms with Crippen molar-refractivity contribution in [3.05, 3.63) is 58.7 Å². The Kier molecular flexibility index (Phi) is 7.29. The fourth-order valence-electron chi connectivity index (χ4n) is 5.31. The number of halogens is 2. The molecule has 2 aliphatic rings. The van der Waals surface area contributed by atoms with Crippen molar-refractivity contribution in [3.63, 3.8) is 0 Å². The van der Waals surface area contributed by atoms with Gasteiger partial charge in [-0.25, -0.2) is 22.3 Å². The highest BCUT2D eigenvalue weighted by Gasteiger charge is 2.58. The Labute approximate surface area is 227 Å². The summed E-state index contributed by atoms with van der Waals surface area (Å²) in [5.41, 5.74) is -1.15. The first-order valence-corrected chi connectivity index (χ1v) is 14.4. The lowest BCUT2D eigenvalue weighted by molar-refractivity contribution is -0.153. The molecule has 2 aromatic heterocycles. The molecule has 39 heavy (non-hydrogen) atoms. The number of carbonyl (C=O) groups excluding carboxylic acids is 2. The van der Waals surface area contributed by atoms with Gasteiger partial charge in [0.25, 0.3) is 0 Å². The van der Waals surface area contributed by atoms with E-state index in [-0.39, 0.29) is 29.9 Å². The highest BCUT2D eigenvalue weighted by molar-refractivity contribution is 7.96. The fraction of sp³-hybridized carbons (Fsp3) is 0.536. The summed E-state index contributed by atoms with van der Waals surface area (Å²) in [5.74, 6) is -2.16. The molecular formula is C28H34F2N4O4S. The molecule has 0 aliphatic carbocycles. The summed E-state index contributed by atoms with van der Waals surface area (Å²) < 4.78 is 52.4. The molecule has 4 rings (SSSR count). The quantitative estimate of drug-likeness (QED) is 0.367. The van der Waals surface area contributed by atoms with E-state index < -0.39 is 54.3 Å². The number of pyridine rings is 2. The minimum atomic E-state index is -3.01. The number of hydrogen-bond donors (Lipinski definition) is 0. The Morgan fingerprint density at radius 3 is 2.49 bits per heavy atom. The standard InChI is InChI=1S/C28H34F2N4O4S/c1-16-12-17(29)15-31-24(16)20(35)13-18-8-9-19(30)25(33-18)28(7)22-10-11-32-39(22,37)27(5,6)21(34-28)14-23(36)38-26(2,3)4/h8-9,12,15,22H,10-11,13-14H2,1-7H3/t22-,28+,39+/m1/s1. The van der Waals surface area contributed by atoms with Crippen LogP contribution in [0.25, 0.3) is 0 Å². The van der Waals surface area contributed by atoms with Gasteiger partial charge in [0.15, 0.2) is 5.78 Å². The van der Waals surface area contributed by atoms with Gasteiger partial charge in [-0.2, -0.15) is 0 Å². The number of aliphatic imine (C=N–C) groups is 1. The molecule has 4 heterocycles. The first-order chi connectivity index (χ1) is 18.0. The van der Waals surface area contributed by atoms with Crippen molar-refractivity contribution in [2.24, 2.45) is 9.36 Å². The number of nitrogens with zero attached hydrogens (tertiary/aromatic N) is 4. The zero-order chi connectivity index (χ0) is 29.0. The van der Waals surface area contributed by atoms with Gasteiger partial charge in [0, 0.05) is 18.0 Å². The summed E-state index contributed by atoms with van der Waals surface area (Å²) >= 11 is 0. The molecule has 0 saturated carbocycles. The third-order valence-electron chi connectivity index (χ3n) is 7.25. The first-order valence-electron chi connectivity index (χ1n) is 12.8. The number of carbonyl (C=O) groups is 2. The number of esters is 1. The van der Waals surface area contributed by atoms with Gasteiger partial charge < -0.3 is 4.74 Å². The van der Waals surface area contributed by atoms with Gasteiger partial charge in [-0.1, -0.05) is 0 Å². The lowest BCUT2D eigenvalue weighted by atomic mass is 9.88. The Hall–Kier alpha value is -3.08. The number of fused-ring (bicyclic) bond motifs is 1. The van der Waals surface area contributed by atoms with Crippen LogP contribution in [0.5, 0.6) is 0 Å². The predicted molar refractivity (Wildman–Crippen MR) is 144 cm³/mol. The summed E-state index contributed by atoms with van der Waals surface area (Å²) in [6, 6.07) is 3.82. The van der Waals surface area contributed by atoms with Gasteiger partial charge in [-0.15, -0.1) is 0 Å². The van der Waals surface area contributed by atoms with E-state index in [0.717, 1.165) is 6.20 Å². The molecule has 0 bridgehead atoms. The summed E-state index contributed by atoms with van der Waals surface area (Å²) in [5, 5.41) is -0.656. The zero-order valence-electron chi connectivity index (χ0n) is 23.3. The summed E-state index contributed by atoms with van der Waals surface area (Å²) in [6.45, 7) is 12.3. The van der Waals surface area contributed by atoms with Gasteiger partial charge in [0.05, 0.1) is 38.8 Å². The van der Waals surface area contributed by atoms with E-state index in [9.17, 15) is 18.2 Å². The van der Waals surface area contributed by atoms with E-state index in [1.54, 1.807) is 48.5 Å². The molecule has 0 spiro atoms. The van der Waals surface area contributed by atoms with E-state index in [2.05, 4.69) is 14.3 Å². The van der Waals surface area contributed by atoms with Crippen molar-refractivity contribution in [2.45, 2.75) is 88.9 Å². The second-order valence-electron chi connectivity index (χ2n) is 11.7. The molecule has 0 unspecified atom stereocenters. The van der Waals surface area contributed by atoms with Crippen molar-refractivity contribution in [3.8, 4) is 0 Å². The largest absolute Gasteiger partial charge is 0.460 e. The SMILES string of the molecule is Cc1cc(F)cnc1C(=O)Cc1ccc(F)c([C@@]2(C)N=C(CC(=O)OC(C)(C)C)C(C)(C)[S@]3(=O)=NCC[C@H]23)n1. The molecule has 8 nitrogen and oxygen atoms in total. The molecule has 2 aliphatic heterocycles. The zero-order valence-corrected chi connectivity index (χ0v) is 24.1. The molecule has 0 aromatic carbocycles. The van der Waals surface area contributed by atoms with Crippen LogP contribution in [0.4, 0.5) is 8.78 Å². The van der Waals surface area contributed by atoms with Crippen molar-refractivity contribution in [2.75, 3.05) is 6.54 Å². The monoisotopic (exact) mass is 560 g/mol. The molecule has 0 fully saturated rings. The van der Waals surface area contributed by atoms with Crippen LogP contribution in [0.3, 0.4) is 0 Å². The lowest BCUT2D eigenvalue weighted by Crippen LogP contribution is -2.56. The summed E-state index contributed by atoms with van der Waals surface area (Å²) in [7, 11) is -3.01. The molecule has 3 atom stereocenters. The van der Waals surface area contributed by atoms with E-state index in [1.165, 1.54) is 18.2 Å². The maximum absolute atomic E-state index is 15.5. The smallest absolute Gasteiger partial charge is 0.312 e. The van der Waals surface area contributed by atoms with Gasteiger partial charge in [-0.3, -0.25) is 19.6 Å². The van der Waals surface area contributed by atoms with Crippen LogP contribution in [0, 0.1) is 18.6 Å². The molecular weight excluding hydrogens is 526 g/mol. The number of ether oxygens (including phenoxy) is 1. The van der Waals surface area contributed by atoms with E-state index in [0.29, 0.717) is 24.2 Å². The number of rotatable bonds is 6. The average molecular weight is 561 g/mol. The van der Waals surface area contributed by atoms with E-state index >= 15 is 4.39 Å². The van der Waals surface area contributed by atoms with Crippen LogP contribution in [0.2, 0.25) is 0 Å². The van der Waals surface area contributed by atoms with Crippen LogP contribution in [0.1, 0.15) is 81.8 Å². The molecule has 0 amide bonds. The molecule has 0 N–H and O–H groups in total. The minimum Gasteiger partial charge on any atom is -0.460 e. The highest BCUT2D eigenvalue weighted by atomic mass is 32.2. The second-order valence-corrected chi connectivity index (χ2v) is 14.7. The van der Waals surface area contributed by atoms with Gasteiger partial charge >= 0.3 is 5.97 Å². The van der Waals surface area contributed by atoms with Crippen molar-refractivity contribution < 1.29 is 27.3 Å². The number of aromatic nitrogens is 2.